The molecule has 1 saturated heterocycles. The molecule has 2 heterocycles. The van der Waals surface area contributed by atoms with Crippen molar-refractivity contribution >= 4 is 11.6 Å². The molecule has 108 valence electrons. The maximum atomic E-state index is 6.20. The number of methoxy groups -OCH3 is 1. The van der Waals surface area contributed by atoms with Gasteiger partial charge >= 0.3 is 0 Å². The smallest absolute Gasteiger partial charge is 0.103 e. The van der Waals surface area contributed by atoms with Gasteiger partial charge in [0.05, 0.1) is 55.9 Å². The summed E-state index contributed by atoms with van der Waals surface area (Å²) in [4.78, 5) is 0. The molecule has 1 aliphatic heterocycles. The third-order valence-corrected chi connectivity index (χ3v) is 3.32. The molecule has 2 unspecified atom stereocenters. The van der Waals surface area contributed by atoms with E-state index >= 15 is 0 Å². The Morgan fingerprint density at radius 3 is 3.16 bits per heavy atom. The predicted molar refractivity (Wildman–Crippen MR) is 69.7 cm³/mol. The lowest BCUT2D eigenvalue weighted by atomic mass is 10.1. The Balaban J connectivity index is 2.18. The molecule has 0 amide bonds. The summed E-state index contributed by atoms with van der Waals surface area (Å²) in [7, 11) is 1.64. The molecule has 8 heteroatoms. The van der Waals surface area contributed by atoms with Crippen molar-refractivity contribution in [1.82, 2.24) is 15.2 Å². The molecule has 3 N–H and O–H groups in total. The molecule has 1 aromatic rings. The van der Waals surface area contributed by atoms with Gasteiger partial charge in [0.25, 0.3) is 0 Å². The Morgan fingerprint density at radius 1 is 1.68 bits per heavy atom. The van der Waals surface area contributed by atoms with Gasteiger partial charge in [-0.25, -0.2) is 5.43 Å². The van der Waals surface area contributed by atoms with Crippen LogP contribution in [0.4, 0.5) is 0 Å². The van der Waals surface area contributed by atoms with Crippen LogP contribution in [0.5, 0.6) is 0 Å². The number of ether oxygens (including phenoxy) is 3. The Morgan fingerprint density at radius 2 is 2.53 bits per heavy atom. The Labute approximate surface area is 116 Å². The zero-order valence-corrected chi connectivity index (χ0v) is 11.6. The SMILES string of the molecule is COCCn1ncc(Cl)c1C(NN)C1COCCO1. The molecule has 19 heavy (non-hydrogen) atoms. The van der Waals surface area contributed by atoms with E-state index < -0.39 is 0 Å². The number of hydrogen-bond acceptors (Lipinski definition) is 6. The van der Waals surface area contributed by atoms with Crippen LogP contribution in [0.25, 0.3) is 0 Å². The molecule has 2 atom stereocenters. The van der Waals surface area contributed by atoms with Crippen molar-refractivity contribution in [2.75, 3.05) is 33.5 Å². The van der Waals surface area contributed by atoms with Crippen LogP contribution in [0.2, 0.25) is 5.02 Å². The van der Waals surface area contributed by atoms with Crippen molar-refractivity contribution in [2.24, 2.45) is 5.84 Å². The average Bonchev–Trinajstić information content (AvgIpc) is 2.80. The van der Waals surface area contributed by atoms with E-state index in [2.05, 4.69) is 10.5 Å². The van der Waals surface area contributed by atoms with E-state index in [1.54, 1.807) is 18.0 Å². The van der Waals surface area contributed by atoms with E-state index in [1.165, 1.54) is 0 Å². The first-order valence-electron chi connectivity index (χ1n) is 6.13. The lowest BCUT2D eigenvalue weighted by Gasteiger charge is -2.30. The largest absolute Gasteiger partial charge is 0.383 e. The summed E-state index contributed by atoms with van der Waals surface area (Å²) in [5, 5.41) is 4.78. The van der Waals surface area contributed by atoms with Crippen LogP contribution in [-0.2, 0) is 20.8 Å². The first-order chi connectivity index (χ1) is 9.27. The summed E-state index contributed by atoms with van der Waals surface area (Å²) in [6.07, 6.45) is 1.41. The molecule has 0 aromatic carbocycles. The number of halogens is 1. The number of hydrogen-bond donors (Lipinski definition) is 2. The molecule has 1 aliphatic rings. The second kappa shape index (κ2) is 7.18. The number of nitrogens with two attached hydrogens (primary N) is 1. The minimum atomic E-state index is -0.271. The first kappa shape index (κ1) is 14.7. The van der Waals surface area contributed by atoms with Crippen LogP contribution < -0.4 is 11.3 Å². The quantitative estimate of drug-likeness (QED) is 0.571. The highest BCUT2D eigenvalue weighted by molar-refractivity contribution is 6.31. The Bertz CT molecular complexity index is 395. The van der Waals surface area contributed by atoms with Gasteiger partial charge in [0.15, 0.2) is 0 Å². The fourth-order valence-electron chi connectivity index (χ4n) is 2.10. The van der Waals surface area contributed by atoms with Crippen molar-refractivity contribution in [3.05, 3.63) is 16.9 Å². The number of aromatic nitrogens is 2. The third-order valence-electron chi connectivity index (χ3n) is 3.03. The lowest BCUT2D eigenvalue weighted by molar-refractivity contribution is -0.103. The summed E-state index contributed by atoms with van der Waals surface area (Å²) in [5.74, 6) is 5.64. The van der Waals surface area contributed by atoms with Gasteiger partial charge in [0.2, 0.25) is 0 Å². The molecular weight excluding hydrogens is 272 g/mol. The average molecular weight is 291 g/mol. The van der Waals surface area contributed by atoms with Gasteiger partial charge in [-0.2, -0.15) is 5.10 Å². The van der Waals surface area contributed by atoms with Crippen LogP contribution in [0.1, 0.15) is 11.7 Å². The first-order valence-corrected chi connectivity index (χ1v) is 6.51. The molecule has 2 rings (SSSR count). The van der Waals surface area contributed by atoms with Crippen molar-refractivity contribution < 1.29 is 14.2 Å². The lowest BCUT2D eigenvalue weighted by Crippen LogP contribution is -2.44. The predicted octanol–water partition coefficient (Wildman–Crippen LogP) is 0.103. The summed E-state index contributed by atoms with van der Waals surface area (Å²) in [6.45, 7) is 2.77. The summed E-state index contributed by atoms with van der Waals surface area (Å²) in [6, 6.07) is -0.271. The van der Waals surface area contributed by atoms with Crippen LogP contribution in [0.15, 0.2) is 6.20 Å². The van der Waals surface area contributed by atoms with Crippen molar-refractivity contribution in [1.29, 1.82) is 0 Å². The van der Waals surface area contributed by atoms with Crippen molar-refractivity contribution in [3.8, 4) is 0 Å². The molecule has 0 radical (unpaired) electrons. The minimum absolute atomic E-state index is 0.186. The van der Waals surface area contributed by atoms with E-state index in [0.29, 0.717) is 38.0 Å². The second-order valence-electron chi connectivity index (χ2n) is 4.22. The third kappa shape index (κ3) is 3.44. The van der Waals surface area contributed by atoms with E-state index in [0.717, 1.165) is 5.69 Å². The summed E-state index contributed by atoms with van der Waals surface area (Å²) < 4.78 is 17.9. The van der Waals surface area contributed by atoms with E-state index in [4.69, 9.17) is 31.7 Å². The summed E-state index contributed by atoms with van der Waals surface area (Å²) in [5.41, 5.74) is 3.53. The number of hydrazine groups is 1. The van der Waals surface area contributed by atoms with E-state index in [9.17, 15) is 0 Å². The van der Waals surface area contributed by atoms with Gasteiger partial charge in [-0.3, -0.25) is 10.5 Å². The Kier molecular flexibility index (Phi) is 5.56. The van der Waals surface area contributed by atoms with Gasteiger partial charge in [-0.15, -0.1) is 0 Å². The summed E-state index contributed by atoms with van der Waals surface area (Å²) >= 11 is 6.20. The molecule has 0 spiro atoms. The highest BCUT2D eigenvalue weighted by Crippen LogP contribution is 2.27. The topological polar surface area (TPSA) is 83.6 Å². The normalized spacial score (nSPS) is 21.5. The minimum Gasteiger partial charge on any atom is -0.383 e. The van der Waals surface area contributed by atoms with Crippen molar-refractivity contribution in [2.45, 2.75) is 18.7 Å². The van der Waals surface area contributed by atoms with Crippen LogP contribution >= 0.6 is 11.6 Å². The molecule has 1 fully saturated rings. The number of rotatable bonds is 6. The van der Waals surface area contributed by atoms with Crippen LogP contribution in [-0.4, -0.2) is 49.4 Å². The van der Waals surface area contributed by atoms with E-state index in [1.807, 2.05) is 0 Å². The van der Waals surface area contributed by atoms with E-state index in [-0.39, 0.29) is 12.1 Å². The standard InChI is InChI=1S/C11H19ClN4O3/c1-17-3-2-16-11(8(12)6-14-16)10(15-13)9-7-18-4-5-19-9/h6,9-10,15H,2-5,7,13H2,1H3. The molecule has 7 nitrogen and oxygen atoms in total. The highest BCUT2D eigenvalue weighted by Gasteiger charge is 2.30. The highest BCUT2D eigenvalue weighted by atomic mass is 35.5. The molecule has 1 aromatic heterocycles. The fourth-order valence-corrected chi connectivity index (χ4v) is 2.36. The van der Waals surface area contributed by atoms with Crippen molar-refractivity contribution in [3.63, 3.8) is 0 Å². The molecule has 0 saturated carbocycles. The fraction of sp³-hybridized carbons (Fsp3) is 0.727. The maximum Gasteiger partial charge on any atom is 0.103 e. The number of nitrogens with one attached hydrogen (secondary N) is 1. The molecule has 0 aliphatic carbocycles. The van der Waals surface area contributed by atoms with Gasteiger partial charge in [0, 0.05) is 7.11 Å². The van der Waals surface area contributed by atoms with Crippen LogP contribution in [0.3, 0.4) is 0 Å². The van der Waals surface area contributed by atoms with Gasteiger partial charge in [-0.1, -0.05) is 11.6 Å². The number of nitrogens with zero attached hydrogens (tertiary/aromatic N) is 2. The zero-order chi connectivity index (χ0) is 13.7. The monoisotopic (exact) mass is 290 g/mol. The van der Waals surface area contributed by atoms with Crippen LogP contribution in [0, 0.1) is 0 Å². The Hall–Kier alpha value is -0.700. The van der Waals surface area contributed by atoms with Gasteiger partial charge < -0.3 is 14.2 Å². The zero-order valence-electron chi connectivity index (χ0n) is 10.8. The van der Waals surface area contributed by atoms with Gasteiger partial charge in [0.1, 0.15) is 6.10 Å². The van der Waals surface area contributed by atoms with Gasteiger partial charge in [-0.05, 0) is 0 Å². The molecule has 0 bridgehead atoms. The second-order valence-corrected chi connectivity index (χ2v) is 4.63. The molecular formula is C11H19ClN4O3. The maximum absolute atomic E-state index is 6.20.